The molecule has 2 rings (SSSR count). The van der Waals surface area contributed by atoms with Crippen molar-refractivity contribution >= 4 is 11.9 Å². The van der Waals surface area contributed by atoms with E-state index in [1.54, 1.807) is 24.3 Å². The maximum atomic E-state index is 12.0. The van der Waals surface area contributed by atoms with Gasteiger partial charge in [0.25, 0.3) is 0 Å². The van der Waals surface area contributed by atoms with Gasteiger partial charge in [0.1, 0.15) is 18.1 Å². The van der Waals surface area contributed by atoms with E-state index >= 15 is 0 Å². The summed E-state index contributed by atoms with van der Waals surface area (Å²) in [5, 5.41) is 0. The monoisotopic (exact) mass is 292 g/mol. The first-order valence-corrected chi connectivity index (χ1v) is 6.37. The molecule has 0 fully saturated rings. The average Bonchev–Trinajstić information content (AvgIpc) is 2.79. The number of methoxy groups -OCH3 is 2. The minimum Gasteiger partial charge on any atom is -0.501 e. The van der Waals surface area contributed by atoms with Crippen molar-refractivity contribution in [1.29, 1.82) is 0 Å². The van der Waals surface area contributed by atoms with E-state index < -0.39 is 18.0 Å². The van der Waals surface area contributed by atoms with Crippen molar-refractivity contribution in [3.05, 3.63) is 47.5 Å². The topological polar surface area (TPSA) is 71.1 Å². The SMILES string of the molecule is COC1=CC=C(C(=O)OC[C@@H]2C=CC(=O)O2)CC(OC)=C1. The molecule has 1 heterocycles. The number of hydrogen-bond acceptors (Lipinski definition) is 6. The largest absolute Gasteiger partial charge is 0.501 e. The summed E-state index contributed by atoms with van der Waals surface area (Å²) in [5.74, 6) is 0.267. The Kier molecular flexibility index (Phi) is 4.81. The van der Waals surface area contributed by atoms with Crippen LogP contribution in [0.15, 0.2) is 47.5 Å². The zero-order valence-electron chi connectivity index (χ0n) is 11.8. The van der Waals surface area contributed by atoms with Gasteiger partial charge in [0.15, 0.2) is 6.10 Å². The Morgan fingerprint density at radius 2 is 2.14 bits per heavy atom. The van der Waals surface area contributed by atoms with Crippen LogP contribution in [0, 0.1) is 0 Å². The average molecular weight is 292 g/mol. The first-order valence-electron chi connectivity index (χ1n) is 6.37. The number of rotatable bonds is 5. The molecule has 0 aromatic carbocycles. The summed E-state index contributed by atoms with van der Waals surface area (Å²) in [4.78, 5) is 22.9. The van der Waals surface area contributed by atoms with Gasteiger partial charge in [-0.2, -0.15) is 0 Å². The molecule has 0 saturated carbocycles. The van der Waals surface area contributed by atoms with Crippen molar-refractivity contribution in [2.24, 2.45) is 0 Å². The first-order chi connectivity index (χ1) is 10.1. The molecule has 6 heteroatoms. The van der Waals surface area contributed by atoms with E-state index in [4.69, 9.17) is 18.9 Å². The van der Waals surface area contributed by atoms with E-state index in [2.05, 4.69) is 0 Å². The molecule has 0 aromatic rings. The smallest absolute Gasteiger partial charge is 0.334 e. The van der Waals surface area contributed by atoms with Gasteiger partial charge < -0.3 is 18.9 Å². The molecule has 0 bridgehead atoms. The fourth-order valence-corrected chi connectivity index (χ4v) is 1.84. The summed E-state index contributed by atoms with van der Waals surface area (Å²) in [5.41, 5.74) is 0.434. The number of carbonyl (C=O) groups is 2. The van der Waals surface area contributed by atoms with Crippen LogP contribution in [0.3, 0.4) is 0 Å². The standard InChI is InChI=1S/C15H16O6/c1-18-11-4-3-10(7-13(8-11)19-2)15(17)20-9-12-5-6-14(16)21-12/h3-6,8,12H,7,9H2,1-2H3/t12-/m0/s1. The van der Waals surface area contributed by atoms with Crippen molar-refractivity contribution in [3.63, 3.8) is 0 Å². The number of allylic oxidation sites excluding steroid dienone is 4. The summed E-state index contributed by atoms with van der Waals surface area (Å²) >= 11 is 0. The lowest BCUT2D eigenvalue weighted by Gasteiger charge is -2.11. The molecule has 0 amide bonds. The minimum atomic E-state index is -0.518. The molecule has 0 radical (unpaired) electrons. The molecule has 0 spiro atoms. The molecule has 1 aliphatic carbocycles. The van der Waals surface area contributed by atoms with E-state index in [1.165, 1.54) is 20.3 Å². The molecule has 6 nitrogen and oxygen atoms in total. The summed E-state index contributed by atoms with van der Waals surface area (Å²) in [7, 11) is 3.06. The Morgan fingerprint density at radius 1 is 1.33 bits per heavy atom. The molecule has 21 heavy (non-hydrogen) atoms. The second-order valence-corrected chi connectivity index (χ2v) is 4.39. The number of hydrogen-bond donors (Lipinski definition) is 0. The fourth-order valence-electron chi connectivity index (χ4n) is 1.84. The Bertz CT molecular complexity index is 553. The lowest BCUT2D eigenvalue weighted by molar-refractivity contribution is -0.148. The van der Waals surface area contributed by atoms with Crippen molar-refractivity contribution in [2.75, 3.05) is 20.8 Å². The van der Waals surface area contributed by atoms with Gasteiger partial charge in [0.05, 0.1) is 14.2 Å². The van der Waals surface area contributed by atoms with E-state index in [9.17, 15) is 9.59 Å². The van der Waals surface area contributed by atoms with Crippen LogP contribution in [-0.4, -0.2) is 38.9 Å². The maximum absolute atomic E-state index is 12.0. The van der Waals surface area contributed by atoms with Crippen molar-refractivity contribution in [3.8, 4) is 0 Å². The molecule has 0 unspecified atom stereocenters. The van der Waals surface area contributed by atoms with Crippen LogP contribution in [0.2, 0.25) is 0 Å². The fraction of sp³-hybridized carbons (Fsp3) is 0.333. The summed E-state index contributed by atoms with van der Waals surface area (Å²) in [6.45, 7) is -0.00864. The lowest BCUT2D eigenvalue weighted by Crippen LogP contribution is -2.19. The third kappa shape index (κ3) is 3.98. The molecule has 0 aromatic heterocycles. The van der Waals surface area contributed by atoms with E-state index in [0.717, 1.165) is 0 Å². The Balaban J connectivity index is 1.97. The van der Waals surface area contributed by atoms with Crippen molar-refractivity contribution in [2.45, 2.75) is 12.5 Å². The number of esters is 2. The van der Waals surface area contributed by atoms with Crippen LogP contribution in [0.1, 0.15) is 6.42 Å². The predicted octanol–water partition coefficient (Wildman–Crippen LogP) is 1.40. The molecule has 1 aliphatic heterocycles. The summed E-state index contributed by atoms with van der Waals surface area (Å²) < 4.78 is 20.3. The van der Waals surface area contributed by atoms with Crippen LogP contribution in [0.5, 0.6) is 0 Å². The van der Waals surface area contributed by atoms with Crippen LogP contribution in [0.4, 0.5) is 0 Å². The number of cyclic esters (lactones) is 1. The molecular formula is C15H16O6. The van der Waals surface area contributed by atoms with Gasteiger partial charge in [-0.1, -0.05) is 0 Å². The zero-order valence-corrected chi connectivity index (χ0v) is 11.8. The Morgan fingerprint density at radius 3 is 2.76 bits per heavy atom. The predicted molar refractivity (Wildman–Crippen MR) is 72.9 cm³/mol. The molecule has 0 saturated heterocycles. The van der Waals surface area contributed by atoms with Gasteiger partial charge in [-0.3, -0.25) is 0 Å². The van der Waals surface area contributed by atoms with Gasteiger partial charge in [-0.15, -0.1) is 0 Å². The highest BCUT2D eigenvalue weighted by Crippen LogP contribution is 2.20. The van der Waals surface area contributed by atoms with Crippen LogP contribution in [0.25, 0.3) is 0 Å². The van der Waals surface area contributed by atoms with E-state index in [0.29, 0.717) is 23.5 Å². The van der Waals surface area contributed by atoms with Gasteiger partial charge in [0, 0.05) is 24.1 Å². The molecule has 112 valence electrons. The molecular weight excluding hydrogens is 276 g/mol. The Labute approximate surface area is 122 Å². The van der Waals surface area contributed by atoms with Gasteiger partial charge in [0.2, 0.25) is 0 Å². The van der Waals surface area contributed by atoms with Crippen LogP contribution in [-0.2, 0) is 28.5 Å². The third-order valence-electron chi connectivity index (χ3n) is 2.97. The van der Waals surface area contributed by atoms with Gasteiger partial charge in [-0.05, 0) is 18.2 Å². The number of ether oxygens (including phenoxy) is 4. The van der Waals surface area contributed by atoms with Crippen molar-refractivity contribution < 1.29 is 28.5 Å². The third-order valence-corrected chi connectivity index (χ3v) is 2.97. The first kappa shape index (κ1) is 14.9. The molecule has 0 N–H and O–H groups in total. The van der Waals surface area contributed by atoms with Gasteiger partial charge in [-0.25, -0.2) is 9.59 Å². The maximum Gasteiger partial charge on any atom is 0.334 e. The lowest BCUT2D eigenvalue weighted by atomic mass is 10.1. The Hall–Kier alpha value is -2.50. The highest BCUT2D eigenvalue weighted by Gasteiger charge is 2.21. The minimum absolute atomic E-state index is 0.00864. The zero-order chi connectivity index (χ0) is 15.2. The van der Waals surface area contributed by atoms with E-state index in [1.807, 2.05) is 0 Å². The van der Waals surface area contributed by atoms with Gasteiger partial charge >= 0.3 is 11.9 Å². The highest BCUT2D eigenvalue weighted by molar-refractivity contribution is 5.89. The van der Waals surface area contributed by atoms with E-state index in [-0.39, 0.29) is 6.61 Å². The summed E-state index contributed by atoms with van der Waals surface area (Å²) in [6.07, 6.45) is 7.65. The van der Waals surface area contributed by atoms with Crippen LogP contribution < -0.4 is 0 Å². The van der Waals surface area contributed by atoms with Crippen molar-refractivity contribution in [1.82, 2.24) is 0 Å². The highest BCUT2D eigenvalue weighted by atomic mass is 16.6. The number of carbonyl (C=O) groups excluding carboxylic acids is 2. The quantitative estimate of drug-likeness (QED) is 0.713. The normalized spacial score (nSPS) is 20.8. The second-order valence-electron chi connectivity index (χ2n) is 4.39. The second kappa shape index (κ2) is 6.78. The van der Waals surface area contributed by atoms with Crippen LogP contribution >= 0.6 is 0 Å². The molecule has 1 atom stereocenters. The molecule has 2 aliphatic rings. The summed E-state index contributed by atoms with van der Waals surface area (Å²) in [6, 6.07) is 0.